The summed E-state index contributed by atoms with van der Waals surface area (Å²) in [6, 6.07) is 8.54. The summed E-state index contributed by atoms with van der Waals surface area (Å²) < 4.78 is 1.36. The number of aliphatic hydroxyl groups is 1. The average molecular weight is 233 g/mol. The van der Waals surface area contributed by atoms with Crippen LogP contribution in [0.15, 0.2) is 29.6 Å². The van der Waals surface area contributed by atoms with E-state index in [1.54, 1.807) is 0 Å². The number of benzene rings is 1. The SMILES string of the molecule is O[C@@H]1CCN(Cc2csc3ccccc23)C1. The van der Waals surface area contributed by atoms with Gasteiger partial charge in [0.25, 0.3) is 0 Å². The van der Waals surface area contributed by atoms with Crippen molar-refractivity contribution in [3.8, 4) is 0 Å². The molecule has 2 heterocycles. The molecular formula is C13H15NOS. The lowest BCUT2D eigenvalue weighted by Gasteiger charge is -2.13. The van der Waals surface area contributed by atoms with E-state index in [1.807, 2.05) is 11.3 Å². The van der Waals surface area contributed by atoms with Crippen molar-refractivity contribution in [2.24, 2.45) is 0 Å². The zero-order chi connectivity index (χ0) is 11.0. The van der Waals surface area contributed by atoms with Gasteiger partial charge in [-0.15, -0.1) is 11.3 Å². The molecule has 0 amide bonds. The van der Waals surface area contributed by atoms with Gasteiger partial charge in [-0.1, -0.05) is 18.2 Å². The number of aliphatic hydroxyl groups excluding tert-OH is 1. The standard InChI is InChI=1S/C13H15NOS/c15-11-5-6-14(8-11)7-10-9-16-13-4-2-1-3-12(10)13/h1-4,9,11,15H,5-8H2/t11-/m1/s1. The van der Waals surface area contributed by atoms with Crippen molar-refractivity contribution >= 4 is 21.4 Å². The molecule has 0 saturated carbocycles. The van der Waals surface area contributed by atoms with Crippen LogP contribution in [0.3, 0.4) is 0 Å². The van der Waals surface area contributed by atoms with Crippen molar-refractivity contribution in [1.29, 1.82) is 0 Å². The monoisotopic (exact) mass is 233 g/mol. The Kier molecular flexibility index (Phi) is 2.67. The minimum Gasteiger partial charge on any atom is -0.392 e. The van der Waals surface area contributed by atoms with Gasteiger partial charge in [0.1, 0.15) is 0 Å². The number of nitrogens with zero attached hydrogens (tertiary/aromatic N) is 1. The Hall–Kier alpha value is -0.900. The molecule has 0 unspecified atom stereocenters. The van der Waals surface area contributed by atoms with Gasteiger partial charge in [0.05, 0.1) is 6.10 Å². The van der Waals surface area contributed by atoms with Gasteiger partial charge in [0.2, 0.25) is 0 Å². The summed E-state index contributed by atoms with van der Waals surface area (Å²) in [5.41, 5.74) is 1.40. The number of likely N-dealkylation sites (tertiary alicyclic amines) is 1. The lowest BCUT2D eigenvalue weighted by atomic mass is 10.2. The van der Waals surface area contributed by atoms with Gasteiger partial charge >= 0.3 is 0 Å². The highest BCUT2D eigenvalue weighted by molar-refractivity contribution is 7.17. The minimum absolute atomic E-state index is 0.120. The first-order valence-corrected chi connectivity index (χ1v) is 6.56. The molecule has 1 aromatic carbocycles. The molecule has 84 valence electrons. The van der Waals surface area contributed by atoms with Gasteiger partial charge in [0.15, 0.2) is 0 Å². The fraction of sp³-hybridized carbons (Fsp3) is 0.385. The van der Waals surface area contributed by atoms with Gasteiger partial charge in [-0.3, -0.25) is 4.90 Å². The maximum Gasteiger partial charge on any atom is 0.0679 e. The molecule has 0 aliphatic carbocycles. The second kappa shape index (κ2) is 4.17. The van der Waals surface area contributed by atoms with E-state index in [0.29, 0.717) is 0 Å². The van der Waals surface area contributed by atoms with Gasteiger partial charge in [-0.2, -0.15) is 0 Å². The first kappa shape index (κ1) is 10.3. The van der Waals surface area contributed by atoms with Crippen molar-refractivity contribution in [3.63, 3.8) is 0 Å². The fourth-order valence-corrected chi connectivity index (χ4v) is 3.31. The van der Waals surface area contributed by atoms with Gasteiger partial charge in [0, 0.05) is 24.3 Å². The zero-order valence-electron chi connectivity index (χ0n) is 9.10. The lowest BCUT2D eigenvalue weighted by Crippen LogP contribution is -2.21. The number of hydrogen-bond acceptors (Lipinski definition) is 3. The van der Waals surface area contributed by atoms with Crippen LogP contribution in [0.5, 0.6) is 0 Å². The summed E-state index contributed by atoms with van der Waals surface area (Å²) in [6.07, 6.45) is 0.798. The molecule has 2 nitrogen and oxygen atoms in total. The molecule has 2 aromatic rings. The number of β-amino-alcohol motifs (C(OH)–C–C–N with tert-alkyl or cyclic N) is 1. The van der Waals surface area contributed by atoms with Crippen molar-refractivity contribution < 1.29 is 5.11 Å². The third-order valence-electron chi connectivity index (χ3n) is 3.20. The first-order valence-electron chi connectivity index (χ1n) is 5.68. The summed E-state index contributed by atoms with van der Waals surface area (Å²) in [7, 11) is 0. The summed E-state index contributed by atoms with van der Waals surface area (Å²) >= 11 is 1.81. The van der Waals surface area contributed by atoms with Crippen LogP contribution < -0.4 is 0 Å². The molecule has 1 fully saturated rings. The van der Waals surface area contributed by atoms with E-state index in [9.17, 15) is 5.11 Å². The zero-order valence-corrected chi connectivity index (χ0v) is 9.91. The maximum atomic E-state index is 9.50. The van der Waals surface area contributed by atoms with E-state index < -0.39 is 0 Å². The summed E-state index contributed by atoms with van der Waals surface area (Å²) in [4.78, 5) is 2.33. The predicted octanol–water partition coefficient (Wildman–Crippen LogP) is 2.47. The van der Waals surface area contributed by atoms with Crippen molar-refractivity contribution in [1.82, 2.24) is 4.90 Å². The van der Waals surface area contributed by atoms with Crippen LogP contribution in [0.1, 0.15) is 12.0 Å². The summed E-state index contributed by atoms with van der Waals surface area (Å²) in [5.74, 6) is 0. The first-order chi connectivity index (χ1) is 7.83. The molecule has 3 rings (SSSR count). The smallest absolute Gasteiger partial charge is 0.0679 e. The molecule has 1 saturated heterocycles. The number of rotatable bonds is 2. The van der Waals surface area contributed by atoms with Crippen LogP contribution in [-0.2, 0) is 6.54 Å². The largest absolute Gasteiger partial charge is 0.392 e. The van der Waals surface area contributed by atoms with E-state index in [1.165, 1.54) is 15.6 Å². The van der Waals surface area contributed by atoms with Crippen LogP contribution >= 0.6 is 11.3 Å². The second-order valence-electron chi connectivity index (χ2n) is 4.43. The Morgan fingerprint density at radius 1 is 1.38 bits per heavy atom. The highest BCUT2D eigenvalue weighted by atomic mass is 32.1. The Morgan fingerprint density at radius 3 is 3.06 bits per heavy atom. The Morgan fingerprint density at radius 2 is 2.25 bits per heavy atom. The molecule has 16 heavy (non-hydrogen) atoms. The normalized spacial score (nSPS) is 21.9. The lowest BCUT2D eigenvalue weighted by molar-refractivity contribution is 0.175. The third kappa shape index (κ3) is 1.86. The number of fused-ring (bicyclic) bond motifs is 1. The Labute approximate surface area is 99.1 Å². The molecule has 0 radical (unpaired) electrons. The Balaban J connectivity index is 1.84. The van der Waals surface area contributed by atoms with Crippen LogP contribution in [0.4, 0.5) is 0 Å². The van der Waals surface area contributed by atoms with E-state index in [-0.39, 0.29) is 6.10 Å². The molecule has 1 aliphatic rings. The molecule has 1 aromatic heterocycles. The van der Waals surface area contributed by atoms with E-state index in [4.69, 9.17) is 0 Å². The van der Waals surface area contributed by atoms with Crippen LogP contribution in [0.2, 0.25) is 0 Å². The van der Waals surface area contributed by atoms with Crippen LogP contribution in [0.25, 0.3) is 10.1 Å². The highest BCUT2D eigenvalue weighted by Crippen LogP contribution is 2.27. The topological polar surface area (TPSA) is 23.5 Å². The molecule has 3 heteroatoms. The van der Waals surface area contributed by atoms with Crippen molar-refractivity contribution in [3.05, 3.63) is 35.2 Å². The third-order valence-corrected chi connectivity index (χ3v) is 4.21. The molecule has 1 N–H and O–H groups in total. The summed E-state index contributed by atoms with van der Waals surface area (Å²) in [6.45, 7) is 2.82. The second-order valence-corrected chi connectivity index (χ2v) is 5.35. The van der Waals surface area contributed by atoms with Gasteiger partial charge < -0.3 is 5.11 Å². The molecule has 1 aliphatic heterocycles. The number of hydrogen-bond donors (Lipinski definition) is 1. The maximum absolute atomic E-state index is 9.50. The quantitative estimate of drug-likeness (QED) is 0.861. The number of thiophene rings is 1. The Bertz CT molecular complexity index is 493. The highest BCUT2D eigenvalue weighted by Gasteiger charge is 2.20. The van der Waals surface area contributed by atoms with Crippen LogP contribution in [-0.4, -0.2) is 29.2 Å². The molecule has 0 spiro atoms. The van der Waals surface area contributed by atoms with E-state index in [2.05, 4.69) is 34.5 Å². The summed E-state index contributed by atoms with van der Waals surface area (Å²) in [5, 5.41) is 13.1. The minimum atomic E-state index is -0.120. The molecule has 0 bridgehead atoms. The molecular weight excluding hydrogens is 218 g/mol. The average Bonchev–Trinajstić information content (AvgIpc) is 2.87. The van der Waals surface area contributed by atoms with Crippen LogP contribution in [0, 0.1) is 0 Å². The van der Waals surface area contributed by atoms with Gasteiger partial charge in [-0.25, -0.2) is 0 Å². The molecule has 1 atom stereocenters. The van der Waals surface area contributed by atoms with E-state index >= 15 is 0 Å². The van der Waals surface area contributed by atoms with Gasteiger partial charge in [-0.05, 0) is 28.8 Å². The van der Waals surface area contributed by atoms with Crippen molar-refractivity contribution in [2.75, 3.05) is 13.1 Å². The van der Waals surface area contributed by atoms with E-state index in [0.717, 1.165) is 26.1 Å². The predicted molar refractivity (Wildman–Crippen MR) is 67.7 cm³/mol. The van der Waals surface area contributed by atoms with Crippen molar-refractivity contribution in [2.45, 2.75) is 19.1 Å². The fourth-order valence-electron chi connectivity index (χ4n) is 2.35.